The van der Waals surface area contributed by atoms with Crippen molar-refractivity contribution in [3.8, 4) is 0 Å². The van der Waals surface area contributed by atoms with Gasteiger partial charge in [-0.05, 0) is 39.2 Å². The molecule has 2 rings (SSSR count). The lowest BCUT2D eigenvalue weighted by atomic mass is 9.85. The average molecular weight is 221 g/mol. The Kier molecular flexibility index (Phi) is 3.64. The minimum absolute atomic E-state index is 0.880. The van der Waals surface area contributed by atoms with Gasteiger partial charge < -0.3 is 5.32 Å². The van der Waals surface area contributed by atoms with E-state index < -0.39 is 0 Å². The van der Waals surface area contributed by atoms with Gasteiger partial charge in [0.1, 0.15) is 0 Å². The van der Waals surface area contributed by atoms with Gasteiger partial charge in [-0.15, -0.1) is 0 Å². The monoisotopic (exact) mass is 221 g/mol. The first kappa shape index (κ1) is 11.6. The third-order valence-electron chi connectivity index (χ3n) is 3.74. The van der Waals surface area contributed by atoms with Gasteiger partial charge in [-0.1, -0.05) is 13.3 Å². The van der Waals surface area contributed by atoms with Crippen LogP contribution in [0, 0.1) is 19.8 Å². The van der Waals surface area contributed by atoms with Gasteiger partial charge in [-0.25, -0.2) is 0 Å². The van der Waals surface area contributed by atoms with Crippen LogP contribution < -0.4 is 5.32 Å². The molecule has 1 aromatic heterocycles. The molecule has 16 heavy (non-hydrogen) atoms. The van der Waals surface area contributed by atoms with Gasteiger partial charge in [0, 0.05) is 24.3 Å². The van der Waals surface area contributed by atoms with E-state index >= 15 is 0 Å². The molecular weight excluding hydrogens is 198 g/mol. The van der Waals surface area contributed by atoms with E-state index in [1.807, 2.05) is 0 Å². The average Bonchev–Trinajstić information content (AvgIpc) is 2.46. The summed E-state index contributed by atoms with van der Waals surface area (Å²) in [7, 11) is 0. The van der Waals surface area contributed by atoms with Crippen molar-refractivity contribution in [3.05, 3.63) is 17.0 Å². The maximum Gasteiger partial charge on any atom is 0.0641 e. The summed E-state index contributed by atoms with van der Waals surface area (Å²) in [5.74, 6) is 0.880. The molecule has 0 unspecified atom stereocenters. The summed E-state index contributed by atoms with van der Waals surface area (Å²) in [6, 6.07) is 0. The summed E-state index contributed by atoms with van der Waals surface area (Å²) in [5, 5.41) is 8.05. The van der Waals surface area contributed by atoms with Crippen molar-refractivity contribution >= 4 is 0 Å². The highest BCUT2D eigenvalue weighted by molar-refractivity contribution is 5.24. The van der Waals surface area contributed by atoms with E-state index in [9.17, 15) is 0 Å². The van der Waals surface area contributed by atoms with Crippen LogP contribution in [0.25, 0.3) is 0 Å². The Hall–Kier alpha value is -0.830. The van der Waals surface area contributed by atoms with Crippen LogP contribution in [-0.2, 0) is 13.1 Å². The Balaban J connectivity index is 2.07. The van der Waals surface area contributed by atoms with E-state index in [-0.39, 0.29) is 0 Å². The van der Waals surface area contributed by atoms with Crippen LogP contribution in [0.5, 0.6) is 0 Å². The molecule has 90 valence electrons. The van der Waals surface area contributed by atoms with Gasteiger partial charge >= 0.3 is 0 Å². The summed E-state index contributed by atoms with van der Waals surface area (Å²) < 4.78 is 2.21. The van der Waals surface area contributed by atoms with Crippen molar-refractivity contribution in [2.24, 2.45) is 5.92 Å². The smallest absolute Gasteiger partial charge is 0.0641 e. The fraction of sp³-hybridized carbons (Fsp3) is 0.769. The van der Waals surface area contributed by atoms with Gasteiger partial charge in [-0.2, -0.15) is 5.10 Å². The first-order valence-electron chi connectivity index (χ1n) is 6.46. The standard InChI is InChI=1S/C13H23N3/c1-4-14-8-13-10(2)15-16(11(13)3)9-12-6-5-7-12/h12,14H,4-9H2,1-3H3. The molecule has 1 saturated carbocycles. The van der Waals surface area contributed by atoms with Crippen LogP contribution >= 0.6 is 0 Å². The molecule has 1 heterocycles. The summed E-state index contributed by atoms with van der Waals surface area (Å²) in [4.78, 5) is 0. The molecule has 0 atom stereocenters. The molecular formula is C13H23N3. The molecule has 0 saturated heterocycles. The van der Waals surface area contributed by atoms with Gasteiger partial charge in [-0.3, -0.25) is 4.68 Å². The highest BCUT2D eigenvalue weighted by atomic mass is 15.3. The predicted octanol–water partition coefficient (Wildman–Crippen LogP) is 2.41. The molecule has 1 aromatic rings. The van der Waals surface area contributed by atoms with Crippen molar-refractivity contribution in [1.82, 2.24) is 15.1 Å². The van der Waals surface area contributed by atoms with Crippen molar-refractivity contribution in [2.75, 3.05) is 6.54 Å². The molecule has 0 amide bonds. The molecule has 0 spiro atoms. The zero-order valence-corrected chi connectivity index (χ0v) is 10.7. The molecule has 1 N–H and O–H groups in total. The zero-order chi connectivity index (χ0) is 11.5. The van der Waals surface area contributed by atoms with Crippen LogP contribution in [-0.4, -0.2) is 16.3 Å². The van der Waals surface area contributed by atoms with Crippen LogP contribution in [0.2, 0.25) is 0 Å². The van der Waals surface area contributed by atoms with Gasteiger partial charge in [0.25, 0.3) is 0 Å². The minimum atomic E-state index is 0.880. The summed E-state index contributed by atoms with van der Waals surface area (Å²) >= 11 is 0. The Bertz CT molecular complexity index is 350. The number of nitrogens with one attached hydrogen (secondary N) is 1. The maximum absolute atomic E-state index is 4.66. The molecule has 3 heteroatoms. The van der Waals surface area contributed by atoms with Crippen LogP contribution in [0.15, 0.2) is 0 Å². The Labute approximate surface area is 98.2 Å². The van der Waals surface area contributed by atoms with Crippen LogP contribution in [0.1, 0.15) is 43.1 Å². The predicted molar refractivity (Wildman–Crippen MR) is 66.4 cm³/mol. The zero-order valence-electron chi connectivity index (χ0n) is 10.7. The van der Waals surface area contributed by atoms with E-state index in [1.165, 1.54) is 36.2 Å². The van der Waals surface area contributed by atoms with Crippen LogP contribution in [0.3, 0.4) is 0 Å². The van der Waals surface area contributed by atoms with E-state index in [4.69, 9.17) is 0 Å². The second kappa shape index (κ2) is 5.00. The molecule has 1 fully saturated rings. The number of hydrogen-bond donors (Lipinski definition) is 1. The maximum atomic E-state index is 4.66. The lowest BCUT2D eigenvalue weighted by Gasteiger charge is -2.25. The molecule has 3 nitrogen and oxygen atoms in total. The van der Waals surface area contributed by atoms with Crippen molar-refractivity contribution < 1.29 is 0 Å². The SMILES string of the molecule is CCNCc1c(C)nn(CC2CCC2)c1C. The molecule has 1 aliphatic carbocycles. The van der Waals surface area contributed by atoms with Crippen LogP contribution in [0.4, 0.5) is 0 Å². The Morgan fingerprint density at radius 1 is 1.38 bits per heavy atom. The second-order valence-electron chi connectivity index (χ2n) is 4.91. The largest absolute Gasteiger partial charge is 0.313 e. The van der Waals surface area contributed by atoms with Gasteiger partial charge in [0.05, 0.1) is 5.69 Å². The summed E-state index contributed by atoms with van der Waals surface area (Å²) in [6.45, 7) is 9.57. The summed E-state index contributed by atoms with van der Waals surface area (Å²) in [5.41, 5.74) is 3.93. The molecule has 0 radical (unpaired) electrons. The fourth-order valence-electron chi connectivity index (χ4n) is 2.34. The number of aryl methyl sites for hydroxylation is 1. The van der Waals surface area contributed by atoms with E-state index in [1.54, 1.807) is 0 Å². The Morgan fingerprint density at radius 3 is 2.69 bits per heavy atom. The summed E-state index contributed by atoms with van der Waals surface area (Å²) in [6.07, 6.45) is 4.19. The quantitative estimate of drug-likeness (QED) is 0.827. The number of nitrogens with zero attached hydrogens (tertiary/aromatic N) is 2. The minimum Gasteiger partial charge on any atom is -0.313 e. The van der Waals surface area contributed by atoms with E-state index in [2.05, 4.69) is 35.9 Å². The second-order valence-corrected chi connectivity index (χ2v) is 4.91. The normalized spacial score (nSPS) is 16.4. The molecule has 1 aliphatic rings. The van der Waals surface area contributed by atoms with E-state index in [0.717, 1.165) is 25.6 Å². The first-order chi connectivity index (χ1) is 7.72. The van der Waals surface area contributed by atoms with Crippen molar-refractivity contribution in [3.63, 3.8) is 0 Å². The van der Waals surface area contributed by atoms with E-state index in [0.29, 0.717) is 0 Å². The number of aromatic nitrogens is 2. The number of rotatable bonds is 5. The van der Waals surface area contributed by atoms with Crippen molar-refractivity contribution in [2.45, 2.75) is 53.1 Å². The Morgan fingerprint density at radius 2 is 2.12 bits per heavy atom. The van der Waals surface area contributed by atoms with Crippen molar-refractivity contribution in [1.29, 1.82) is 0 Å². The lowest BCUT2D eigenvalue weighted by molar-refractivity contribution is 0.264. The fourth-order valence-corrected chi connectivity index (χ4v) is 2.34. The van der Waals surface area contributed by atoms with Gasteiger partial charge in [0.15, 0.2) is 0 Å². The third kappa shape index (κ3) is 2.29. The molecule has 0 aliphatic heterocycles. The topological polar surface area (TPSA) is 29.9 Å². The number of hydrogen-bond acceptors (Lipinski definition) is 2. The van der Waals surface area contributed by atoms with Gasteiger partial charge in [0.2, 0.25) is 0 Å². The lowest BCUT2D eigenvalue weighted by Crippen LogP contribution is -2.20. The third-order valence-corrected chi connectivity index (χ3v) is 3.74. The molecule has 0 aromatic carbocycles. The molecule has 0 bridgehead atoms. The highest BCUT2D eigenvalue weighted by Crippen LogP contribution is 2.28. The highest BCUT2D eigenvalue weighted by Gasteiger charge is 2.20. The first-order valence-corrected chi connectivity index (χ1v) is 6.46.